The number of benzene rings is 4. The zero-order valence-corrected chi connectivity index (χ0v) is 16.9. The van der Waals surface area contributed by atoms with Crippen molar-refractivity contribution in [2.24, 2.45) is 0 Å². The smallest absolute Gasteiger partial charge is 0.343 e. The van der Waals surface area contributed by atoms with Gasteiger partial charge in [0.1, 0.15) is 12.4 Å². The van der Waals surface area contributed by atoms with Crippen molar-refractivity contribution in [3.05, 3.63) is 138 Å². The summed E-state index contributed by atoms with van der Waals surface area (Å²) in [6, 6.07) is 36.6. The Labute approximate surface area is 181 Å². The van der Waals surface area contributed by atoms with Gasteiger partial charge in [-0.2, -0.15) is 0 Å². The van der Waals surface area contributed by atoms with Crippen molar-refractivity contribution in [2.45, 2.75) is 6.61 Å². The van der Waals surface area contributed by atoms with E-state index >= 15 is 0 Å². The van der Waals surface area contributed by atoms with Gasteiger partial charge >= 0.3 is 11.9 Å². The van der Waals surface area contributed by atoms with Crippen LogP contribution in [0, 0.1) is 0 Å². The van der Waals surface area contributed by atoms with Gasteiger partial charge in [-0.15, -0.1) is 0 Å². The third-order valence-electron chi connectivity index (χ3n) is 4.19. The maximum Gasteiger partial charge on any atom is 0.343 e. The lowest BCUT2D eigenvalue weighted by atomic mass is 10.2. The van der Waals surface area contributed by atoms with Gasteiger partial charge in [0.15, 0.2) is 0 Å². The highest BCUT2D eigenvalue weighted by atomic mass is 16.5. The van der Waals surface area contributed by atoms with Crippen LogP contribution in [0.3, 0.4) is 0 Å². The normalized spacial score (nSPS) is 9.68. The SMILES string of the molecule is O=C(OCc1ccccc1)c1ccccc1.O=C(Oc1ccccc1)c1ccccc1. The summed E-state index contributed by atoms with van der Waals surface area (Å²) >= 11 is 0. The molecule has 0 aliphatic rings. The Bertz CT molecular complexity index is 1060. The number of hydrogen-bond acceptors (Lipinski definition) is 4. The standard InChI is InChI=1S/C14H12O2.C13H10O2/c15-14(13-9-5-2-6-10-13)16-11-12-7-3-1-4-8-12;14-13(11-7-3-1-4-8-11)15-12-9-5-2-6-10-12/h1-10H,11H2;1-10H. The second-order valence-electron chi connectivity index (χ2n) is 6.50. The molecule has 0 saturated carbocycles. The molecule has 0 amide bonds. The zero-order chi connectivity index (χ0) is 21.7. The van der Waals surface area contributed by atoms with Crippen LogP contribution in [0.4, 0.5) is 0 Å². The van der Waals surface area contributed by atoms with Gasteiger partial charge in [-0.1, -0.05) is 84.9 Å². The van der Waals surface area contributed by atoms with Gasteiger partial charge in [0, 0.05) is 0 Å². The Hall–Kier alpha value is -4.18. The Morgan fingerprint density at radius 3 is 1.45 bits per heavy atom. The van der Waals surface area contributed by atoms with E-state index < -0.39 is 0 Å². The highest BCUT2D eigenvalue weighted by Crippen LogP contribution is 2.11. The fourth-order valence-electron chi connectivity index (χ4n) is 2.61. The number of carbonyl (C=O) groups is 2. The summed E-state index contributed by atoms with van der Waals surface area (Å²) in [6.45, 7) is 0.314. The molecule has 0 bridgehead atoms. The molecule has 0 atom stereocenters. The summed E-state index contributed by atoms with van der Waals surface area (Å²) in [5.74, 6) is -0.0578. The average molecular weight is 410 g/mol. The first kappa shape index (κ1) is 21.5. The molecular weight excluding hydrogens is 388 g/mol. The molecule has 0 saturated heterocycles. The molecule has 0 radical (unpaired) electrons. The molecule has 0 heterocycles. The summed E-state index contributed by atoms with van der Waals surface area (Å²) in [5.41, 5.74) is 2.13. The minimum atomic E-state index is -0.332. The van der Waals surface area contributed by atoms with Crippen LogP contribution in [-0.4, -0.2) is 11.9 Å². The van der Waals surface area contributed by atoms with E-state index in [0.29, 0.717) is 23.5 Å². The van der Waals surface area contributed by atoms with Gasteiger partial charge in [0.25, 0.3) is 0 Å². The third kappa shape index (κ3) is 7.29. The van der Waals surface area contributed by atoms with E-state index in [0.717, 1.165) is 5.56 Å². The number of carbonyl (C=O) groups excluding carboxylic acids is 2. The molecule has 31 heavy (non-hydrogen) atoms. The van der Waals surface area contributed by atoms with Crippen molar-refractivity contribution >= 4 is 11.9 Å². The molecule has 4 rings (SSSR count). The van der Waals surface area contributed by atoms with E-state index in [1.807, 2.05) is 84.9 Å². The first-order valence-corrected chi connectivity index (χ1v) is 9.81. The molecule has 0 unspecified atom stereocenters. The Morgan fingerprint density at radius 1 is 0.516 bits per heavy atom. The van der Waals surface area contributed by atoms with Crippen LogP contribution in [0.1, 0.15) is 26.3 Å². The molecule has 0 aliphatic heterocycles. The molecule has 0 aromatic heterocycles. The highest BCUT2D eigenvalue weighted by Gasteiger charge is 2.06. The van der Waals surface area contributed by atoms with E-state index in [-0.39, 0.29) is 11.9 Å². The van der Waals surface area contributed by atoms with Crippen LogP contribution in [0.2, 0.25) is 0 Å². The van der Waals surface area contributed by atoms with E-state index in [1.165, 1.54) is 0 Å². The van der Waals surface area contributed by atoms with Crippen LogP contribution in [0.15, 0.2) is 121 Å². The van der Waals surface area contributed by atoms with E-state index in [1.54, 1.807) is 36.4 Å². The summed E-state index contributed by atoms with van der Waals surface area (Å²) in [4.78, 5) is 23.2. The fourth-order valence-corrected chi connectivity index (χ4v) is 2.61. The van der Waals surface area contributed by atoms with Crippen LogP contribution in [-0.2, 0) is 11.3 Å². The minimum absolute atomic E-state index is 0.288. The zero-order valence-electron chi connectivity index (χ0n) is 16.9. The first-order chi connectivity index (χ1) is 15.2. The molecule has 4 nitrogen and oxygen atoms in total. The molecule has 0 aliphatic carbocycles. The van der Waals surface area contributed by atoms with Crippen molar-refractivity contribution in [1.82, 2.24) is 0 Å². The molecule has 154 valence electrons. The van der Waals surface area contributed by atoms with Crippen LogP contribution >= 0.6 is 0 Å². The predicted molar refractivity (Wildman–Crippen MR) is 120 cm³/mol. The number of esters is 2. The lowest BCUT2D eigenvalue weighted by molar-refractivity contribution is 0.0472. The molecule has 0 fully saturated rings. The average Bonchev–Trinajstić information content (AvgIpc) is 2.85. The largest absolute Gasteiger partial charge is 0.457 e. The maximum atomic E-state index is 11.6. The quantitative estimate of drug-likeness (QED) is 0.301. The second kappa shape index (κ2) is 11.7. The lowest BCUT2D eigenvalue weighted by Gasteiger charge is -2.04. The molecule has 4 aromatic carbocycles. The topological polar surface area (TPSA) is 52.6 Å². The van der Waals surface area contributed by atoms with Crippen LogP contribution in [0.25, 0.3) is 0 Å². The van der Waals surface area contributed by atoms with Crippen molar-refractivity contribution in [3.63, 3.8) is 0 Å². The van der Waals surface area contributed by atoms with E-state index in [4.69, 9.17) is 9.47 Å². The second-order valence-corrected chi connectivity index (χ2v) is 6.50. The Morgan fingerprint density at radius 2 is 0.935 bits per heavy atom. The highest BCUT2D eigenvalue weighted by molar-refractivity contribution is 5.91. The van der Waals surface area contributed by atoms with Crippen molar-refractivity contribution in [1.29, 1.82) is 0 Å². The predicted octanol–water partition coefficient (Wildman–Crippen LogP) is 5.95. The summed E-state index contributed by atoms with van der Waals surface area (Å²) in [5, 5.41) is 0. The monoisotopic (exact) mass is 410 g/mol. The molecule has 4 heteroatoms. The first-order valence-electron chi connectivity index (χ1n) is 9.81. The van der Waals surface area contributed by atoms with Crippen molar-refractivity contribution in [2.75, 3.05) is 0 Å². The summed E-state index contributed by atoms with van der Waals surface area (Å²) < 4.78 is 10.3. The van der Waals surface area contributed by atoms with Gasteiger partial charge in [-0.25, -0.2) is 9.59 Å². The Balaban J connectivity index is 0.000000176. The number of ether oxygens (including phenoxy) is 2. The minimum Gasteiger partial charge on any atom is -0.457 e. The Kier molecular flexibility index (Phi) is 8.15. The summed E-state index contributed by atoms with van der Waals surface area (Å²) in [7, 11) is 0. The fraction of sp³-hybridized carbons (Fsp3) is 0.0370. The molecule has 0 N–H and O–H groups in total. The summed E-state index contributed by atoms with van der Waals surface area (Å²) in [6.07, 6.45) is 0. The van der Waals surface area contributed by atoms with Gasteiger partial charge in [-0.3, -0.25) is 0 Å². The molecule has 0 spiro atoms. The van der Waals surface area contributed by atoms with Gasteiger partial charge in [0.05, 0.1) is 11.1 Å². The number of para-hydroxylation sites is 1. The third-order valence-corrected chi connectivity index (χ3v) is 4.19. The van der Waals surface area contributed by atoms with Crippen LogP contribution in [0.5, 0.6) is 5.75 Å². The van der Waals surface area contributed by atoms with Crippen LogP contribution < -0.4 is 4.74 Å². The van der Waals surface area contributed by atoms with Crippen molar-refractivity contribution < 1.29 is 19.1 Å². The number of rotatable bonds is 5. The number of hydrogen-bond donors (Lipinski definition) is 0. The van der Waals surface area contributed by atoms with Crippen molar-refractivity contribution in [3.8, 4) is 5.75 Å². The maximum absolute atomic E-state index is 11.6. The van der Waals surface area contributed by atoms with Gasteiger partial charge in [-0.05, 0) is 42.0 Å². The van der Waals surface area contributed by atoms with Gasteiger partial charge < -0.3 is 9.47 Å². The van der Waals surface area contributed by atoms with E-state index in [9.17, 15) is 9.59 Å². The molecular formula is C27H22O4. The molecule has 4 aromatic rings. The van der Waals surface area contributed by atoms with Gasteiger partial charge in [0.2, 0.25) is 0 Å². The lowest BCUT2D eigenvalue weighted by Crippen LogP contribution is -2.07. The van der Waals surface area contributed by atoms with E-state index in [2.05, 4.69) is 0 Å².